The molecular formula is C9H10N2O. The number of nitriles is 1. The van der Waals surface area contributed by atoms with E-state index in [0.717, 1.165) is 5.56 Å². The topological polar surface area (TPSA) is 45.0 Å². The van der Waals surface area contributed by atoms with E-state index in [2.05, 4.69) is 16.4 Å². The van der Waals surface area contributed by atoms with E-state index >= 15 is 0 Å². The first-order chi connectivity index (χ1) is 5.86. The van der Waals surface area contributed by atoms with Gasteiger partial charge in [0.05, 0.1) is 18.7 Å². The Balaban J connectivity index is 2.60. The Hall–Kier alpha value is -1.37. The van der Waals surface area contributed by atoms with Crippen molar-refractivity contribution in [1.29, 1.82) is 5.26 Å². The van der Waals surface area contributed by atoms with Gasteiger partial charge in [0.25, 0.3) is 0 Å². The molecule has 1 aromatic rings. The maximum atomic E-state index is 8.51. The highest BCUT2D eigenvalue weighted by Crippen LogP contribution is 2.02. The summed E-state index contributed by atoms with van der Waals surface area (Å²) in [6, 6.07) is 9.41. The molecule has 0 spiro atoms. The quantitative estimate of drug-likeness (QED) is 0.679. The fourth-order valence-corrected chi connectivity index (χ4v) is 0.853. The van der Waals surface area contributed by atoms with E-state index in [1.54, 1.807) is 19.2 Å². The van der Waals surface area contributed by atoms with Crippen LogP contribution in [0.2, 0.25) is 0 Å². The zero-order valence-corrected chi connectivity index (χ0v) is 6.87. The lowest BCUT2D eigenvalue weighted by Gasteiger charge is -2.00. The average Bonchev–Trinajstić information content (AvgIpc) is 2.15. The number of rotatable bonds is 3. The van der Waals surface area contributed by atoms with Crippen molar-refractivity contribution < 1.29 is 4.84 Å². The molecule has 0 saturated heterocycles. The van der Waals surface area contributed by atoms with Crippen LogP contribution in [0.4, 0.5) is 0 Å². The summed E-state index contributed by atoms with van der Waals surface area (Å²) in [6.07, 6.45) is 0. The predicted molar refractivity (Wildman–Crippen MR) is 45.0 cm³/mol. The molecule has 0 saturated carbocycles. The van der Waals surface area contributed by atoms with Crippen LogP contribution < -0.4 is 5.48 Å². The first kappa shape index (κ1) is 8.72. The maximum Gasteiger partial charge on any atom is 0.0991 e. The molecule has 0 unspecified atom stereocenters. The van der Waals surface area contributed by atoms with Crippen LogP contribution in [-0.2, 0) is 11.4 Å². The van der Waals surface area contributed by atoms with Gasteiger partial charge in [-0.2, -0.15) is 10.7 Å². The van der Waals surface area contributed by atoms with Gasteiger partial charge in [-0.05, 0) is 17.7 Å². The van der Waals surface area contributed by atoms with Gasteiger partial charge in [-0.15, -0.1) is 0 Å². The molecule has 12 heavy (non-hydrogen) atoms. The molecule has 0 amide bonds. The van der Waals surface area contributed by atoms with Gasteiger partial charge in [-0.3, -0.25) is 0 Å². The molecule has 1 aromatic carbocycles. The third kappa shape index (κ3) is 2.35. The van der Waals surface area contributed by atoms with E-state index < -0.39 is 0 Å². The Labute approximate surface area is 71.5 Å². The van der Waals surface area contributed by atoms with Crippen molar-refractivity contribution in [3.05, 3.63) is 35.4 Å². The van der Waals surface area contributed by atoms with Crippen molar-refractivity contribution in [2.45, 2.75) is 6.54 Å². The molecule has 0 atom stereocenters. The highest BCUT2D eigenvalue weighted by Gasteiger charge is 1.91. The lowest BCUT2D eigenvalue weighted by molar-refractivity contribution is 0.0867. The summed E-state index contributed by atoms with van der Waals surface area (Å²) in [6.45, 7) is 0.655. The van der Waals surface area contributed by atoms with Gasteiger partial charge in [0, 0.05) is 6.54 Å². The summed E-state index contributed by atoms with van der Waals surface area (Å²) in [5.74, 6) is 0. The molecule has 3 nitrogen and oxygen atoms in total. The van der Waals surface area contributed by atoms with Crippen LogP contribution in [-0.4, -0.2) is 7.11 Å². The number of hydrogen-bond acceptors (Lipinski definition) is 3. The van der Waals surface area contributed by atoms with Crippen molar-refractivity contribution in [2.24, 2.45) is 0 Å². The minimum absolute atomic E-state index is 0.655. The minimum atomic E-state index is 0.655. The largest absolute Gasteiger partial charge is 0.305 e. The van der Waals surface area contributed by atoms with E-state index in [9.17, 15) is 0 Å². The number of benzene rings is 1. The second kappa shape index (κ2) is 4.50. The molecule has 0 fully saturated rings. The van der Waals surface area contributed by atoms with Gasteiger partial charge in [-0.25, -0.2) is 0 Å². The fraction of sp³-hybridized carbons (Fsp3) is 0.222. The molecular weight excluding hydrogens is 152 g/mol. The van der Waals surface area contributed by atoms with Crippen LogP contribution in [0.15, 0.2) is 24.3 Å². The zero-order chi connectivity index (χ0) is 8.81. The van der Waals surface area contributed by atoms with Crippen LogP contribution in [0.25, 0.3) is 0 Å². The second-order valence-corrected chi connectivity index (χ2v) is 2.33. The van der Waals surface area contributed by atoms with Crippen LogP contribution in [0.1, 0.15) is 11.1 Å². The SMILES string of the molecule is CONCc1ccc(C#N)cc1. The first-order valence-corrected chi connectivity index (χ1v) is 3.61. The van der Waals surface area contributed by atoms with E-state index in [-0.39, 0.29) is 0 Å². The summed E-state index contributed by atoms with van der Waals surface area (Å²) in [7, 11) is 1.57. The molecule has 0 aliphatic carbocycles. The highest BCUT2D eigenvalue weighted by atomic mass is 16.6. The molecule has 0 heterocycles. The van der Waals surface area contributed by atoms with Gasteiger partial charge in [0.15, 0.2) is 0 Å². The lowest BCUT2D eigenvalue weighted by Crippen LogP contribution is -2.10. The third-order valence-electron chi connectivity index (χ3n) is 1.50. The van der Waals surface area contributed by atoms with Crippen LogP contribution in [0, 0.1) is 11.3 Å². The smallest absolute Gasteiger partial charge is 0.0991 e. The summed E-state index contributed by atoms with van der Waals surface area (Å²) < 4.78 is 0. The molecule has 0 aliphatic rings. The molecule has 1 N–H and O–H groups in total. The molecule has 0 radical (unpaired) electrons. The maximum absolute atomic E-state index is 8.51. The van der Waals surface area contributed by atoms with Crippen molar-refractivity contribution >= 4 is 0 Å². The van der Waals surface area contributed by atoms with Crippen molar-refractivity contribution in [2.75, 3.05) is 7.11 Å². The fourth-order valence-electron chi connectivity index (χ4n) is 0.853. The number of hydrogen-bond donors (Lipinski definition) is 1. The Morgan fingerprint density at radius 2 is 2.08 bits per heavy atom. The molecule has 0 bridgehead atoms. The van der Waals surface area contributed by atoms with Crippen molar-refractivity contribution in [1.82, 2.24) is 5.48 Å². The molecule has 62 valence electrons. The molecule has 0 aliphatic heterocycles. The third-order valence-corrected chi connectivity index (χ3v) is 1.50. The lowest BCUT2D eigenvalue weighted by atomic mass is 10.1. The van der Waals surface area contributed by atoms with Crippen LogP contribution in [0.3, 0.4) is 0 Å². The van der Waals surface area contributed by atoms with Crippen molar-refractivity contribution in [3.8, 4) is 6.07 Å². The number of nitrogens with one attached hydrogen (secondary N) is 1. The molecule has 0 aromatic heterocycles. The van der Waals surface area contributed by atoms with Gasteiger partial charge >= 0.3 is 0 Å². The Morgan fingerprint density at radius 3 is 2.58 bits per heavy atom. The van der Waals surface area contributed by atoms with Gasteiger partial charge in [0.1, 0.15) is 0 Å². The summed E-state index contributed by atoms with van der Waals surface area (Å²) >= 11 is 0. The monoisotopic (exact) mass is 162 g/mol. The van der Waals surface area contributed by atoms with Gasteiger partial charge in [-0.1, -0.05) is 12.1 Å². The standard InChI is InChI=1S/C9H10N2O/c1-12-11-7-9-4-2-8(6-10)3-5-9/h2-5,11H,7H2,1H3. The average molecular weight is 162 g/mol. The summed E-state index contributed by atoms with van der Waals surface area (Å²) in [5.41, 5.74) is 4.49. The Kier molecular flexibility index (Phi) is 3.27. The Morgan fingerprint density at radius 1 is 1.42 bits per heavy atom. The van der Waals surface area contributed by atoms with Crippen LogP contribution in [0.5, 0.6) is 0 Å². The second-order valence-electron chi connectivity index (χ2n) is 2.33. The van der Waals surface area contributed by atoms with Gasteiger partial charge in [0.2, 0.25) is 0 Å². The van der Waals surface area contributed by atoms with Gasteiger partial charge < -0.3 is 4.84 Å². The van der Waals surface area contributed by atoms with Crippen molar-refractivity contribution in [3.63, 3.8) is 0 Å². The normalized spacial score (nSPS) is 9.33. The van der Waals surface area contributed by atoms with E-state index in [0.29, 0.717) is 12.1 Å². The summed E-state index contributed by atoms with van der Waals surface area (Å²) in [5, 5.41) is 8.51. The van der Waals surface area contributed by atoms with Crippen LogP contribution >= 0.6 is 0 Å². The minimum Gasteiger partial charge on any atom is -0.305 e. The molecule has 1 rings (SSSR count). The highest BCUT2D eigenvalue weighted by molar-refractivity contribution is 5.31. The first-order valence-electron chi connectivity index (χ1n) is 3.61. The summed E-state index contributed by atoms with van der Waals surface area (Å²) in [4.78, 5) is 4.69. The number of hydroxylamine groups is 1. The van der Waals surface area contributed by atoms with E-state index in [4.69, 9.17) is 5.26 Å². The zero-order valence-electron chi connectivity index (χ0n) is 6.87. The number of nitrogens with zero attached hydrogens (tertiary/aromatic N) is 1. The molecule has 3 heteroatoms. The van der Waals surface area contributed by atoms with E-state index in [1.807, 2.05) is 12.1 Å². The predicted octanol–water partition coefficient (Wildman–Crippen LogP) is 1.21. The van der Waals surface area contributed by atoms with E-state index in [1.165, 1.54) is 0 Å². The Bertz CT molecular complexity index is 274.